The van der Waals surface area contributed by atoms with Crippen molar-refractivity contribution in [3.63, 3.8) is 0 Å². The fraction of sp³-hybridized carbons (Fsp3) is 0.750. The van der Waals surface area contributed by atoms with E-state index in [0.29, 0.717) is 0 Å². The van der Waals surface area contributed by atoms with Crippen LogP contribution in [0.1, 0.15) is 6.92 Å². The minimum Gasteiger partial charge on any atom is -0.374 e. The summed E-state index contributed by atoms with van der Waals surface area (Å²) in [6.07, 6.45) is 0.505. The SMILES string of the molecule is COC(C)C=O.[Cu]. The van der Waals surface area contributed by atoms with Gasteiger partial charge in [0.05, 0.1) is 0 Å². The van der Waals surface area contributed by atoms with Crippen molar-refractivity contribution in [2.75, 3.05) is 7.11 Å². The van der Waals surface area contributed by atoms with E-state index in [1.165, 1.54) is 7.11 Å². The molecule has 0 bridgehead atoms. The van der Waals surface area contributed by atoms with E-state index in [4.69, 9.17) is 0 Å². The standard InChI is InChI=1S/C4H8O2.Cu/c1-4(3-5)6-2;/h3-4H,1-2H3;. The van der Waals surface area contributed by atoms with Crippen LogP contribution >= 0.6 is 0 Å². The van der Waals surface area contributed by atoms with Crippen LogP contribution in [0.25, 0.3) is 0 Å². The van der Waals surface area contributed by atoms with Gasteiger partial charge in [-0.2, -0.15) is 0 Å². The van der Waals surface area contributed by atoms with Crippen LogP contribution in [0.15, 0.2) is 0 Å². The molecule has 0 heterocycles. The van der Waals surface area contributed by atoms with Crippen molar-refractivity contribution in [1.29, 1.82) is 0 Å². The molecule has 1 unspecified atom stereocenters. The van der Waals surface area contributed by atoms with E-state index >= 15 is 0 Å². The van der Waals surface area contributed by atoms with E-state index in [1.54, 1.807) is 6.92 Å². The quantitative estimate of drug-likeness (QED) is 0.417. The first kappa shape index (κ1) is 10.2. The summed E-state index contributed by atoms with van der Waals surface area (Å²) in [5, 5.41) is 0. The van der Waals surface area contributed by atoms with Gasteiger partial charge in [0.2, 0.25) is 0 Å². The number of hydrogen-bond acceptors (Lipinski definition) is 2. The predicted molar refractivity (Wildman–Crippen MR) is 22.5 cm³/mol. The van der Waals surface area contributed by atoms with Crippen molar-refractivity contribution in [1.82, 2.24) is 0 Å². The van der Waals surface area contributed by atoms with Gasteiger partial charge in [-0.1, -0.05) is 0 Å². The second kappa shape index (κ2) is 6.15. The molecule has 0 aliphatic carbocycles. The van der Waals surface area contributed by atoms with Crippen molar-refractivity contribution in [3.05, 3.63) is 0 Å². The van der Waals surface area contributed by atoms with Crippen LogP contribution in [0.4, 0.5) is 0 Å². The van der Waals surface area contributed by atoms with E-state index < -0.39 is 0 Å². The van der Waals surface area contributed by atoms with Gasteiger partial charge < -0.3 is 9.53 Å². The fourth-order valence-electron chi connectivity index (χ4n) is 0.0556. The van der Waals surface area contributed by atoms with Crippen molar-refractivity contribution in [2.45, 2.75) is 13.0 Å². The number of rotatable bonds is 2. The molecule has 0 spiro atoms. The molecule has 0 aromatic carbocycles. The molecule has 0 aromatic rings. The number of carbonyl (C=O) groups excluding carboxylic acids is 1. The second-order valence-corrected chi connectivity index (χ2v) is 1.08. The van der Waals surface area contributed by atoms with Crippen LogP contribution in [0.3, 0.4) is 0 Å². The maximum Gasteiger partial charge on any atom is 0.148 e. The van der Waals surface area contributed by atoms with Crippen LogP contribution in [-0.2, 0) is 26.6 Å². The molecule has 1 atom stereocenters. The predicted octanol–water partition coefficient (Wildman–Crippen LogP) is 0.218. The van der Waals surface area contributed by atoms with Crippen molar-refractivity contribution < 1.29 is 26.6 Å². The minimum absolute atomic E-state index is 0. The molecule has 0 amide bonds. The smallest absolute Gasteiger partial charge is 0.148 e. The average molecular weight is 152 g/mol. The number of carbonyl (C=O) groups is 1. The van der Waals surface area contributed by atoms with Gasteiger partial charge in [0, 0.05) is 24.2 Å². The van der Waals surface area contributed by atoms with Crippen LogP contribution < -0.4 is 0 Å². The summed E-state index contributed by atoms with van der Waals surface area (Å²) in [6.45, 7) is 1.69. The molecule has 0 aliphatic heterocycles. The first-order valence-corrected chi connectivity index (χ1v) is 1.79. The minimum atomic E-state index is -0.245. The number of methoxy groups -OCH3 is 1. The Morgan fingerprint density at radius 1 is 1.71 bits per heavy atom. The molecule has 3 heteroatoms. The summed E-state index contributed by atoms with van der Waals surface area (Å²) in [4.78, 5) is 9.61. The maximum atomic E-state index is 9.61. The van der Waals surface area contributed by atoms with Gasteiger partial charge in [0.25, 0.3) is 0 Å². The zero-order chi connectivity index (χ0) is 4.99. The van der Waals surface area contributed by atoms with E-state index in [-0.39, 0.29) is 23.2 Å². The molecular formula is C4H8CuO2. The topological polar surface area (TPSA) is 26.3 Å². The number of aldehydes is 1. The molecule has 0 saturated heterocycles. The molecule has 47 valence electrons. The normalized spacial score (nSPS) is 11.7. The Hall–Kier alpha value is 0.149. The van der Waals surface area contributed by atoms with Gasteiger partial charge in [-0.3, -0.25) is 0 Å². The Bertz CT molecular complexity index is 47.0. The molecule has 7 heavy (non-hydrogen) atoms. The third kappa shape index (κ3) is 6.15. The summed E-state index contributed by atoms with van der Waals surface area (Å²) in [5.41, 5.74) is 0. The summed E-state index contributed by atoms with van der Waals surface area (Å²) in [6, 6.07) is 0. The third-order valence-corrected chi connectivity index (χ3v) is 0.563. The molecule has 0 N–H and O–H groups in total. The van der Waals surface area contributed by atoms with Gasteiger partial charge in [-0.25, -0.2) is 0 Å². The van der Waals surface area contributed by atoms with Crippen molar-refractivity contribution in [3.8, 4) is 0 Å². The zero-order valence-corrected chi connectivity index (χ0v) is 5.21. The van der Waals surface area contributed by atoms with Crippen LogP contribution in [0, 0.1) is 0 Å². The molecule has 0 aliphatic rings. The zero-order valence-electron chi connectivity index (χ0n) is 4.27. The van der Waals surface area contributed by atoms with Gasteiger partial charge in [-0.15, -0.1) is 0 Å². The van der Waals surface area contributed by atoms with Crippen molar-refractivity contribution in [2.24, 2.45) is 0 Å². The molecule has 0 aromatic heterocycles. The van der Waals surface area contributed by atoms with Crippen LogP contribution in [0.2, 0.25) is 0 Å². The van der Waals surface area contributed by atoms with E-state index in [9.17, 15) is 4.79 Å². The summed E-state index contributed by atoms with van der Waals surface area (Å²) in [7, 11) is 1.50. The third-order valence-electron chi connectivity index (χ3n) is 0.563. The Morgan fingerprint density at radius 2 is 2.14 bits per heavy atom. The fourth-order valence-corrected chi connectivity index (χ4v) is 0.0556. The van der Waals surface area contributed by atoms with Gasteiger partial charge in [-0.05, 0) is 6.92 Å². The first-order chi connectivity index (χ1) is 2.81. The molecule has 2 nitrogen and oxygen atoms in total. The van der Waals surface area contributed by atoms with Crippen LogP contribution in [-0.4, -0.2) is 19.5 Å². The summed E-state index contributed by atoms with van der Waals surface area (Å²) >= 11 is 0. The van der Waals surface area contributed by atoms with Crippen molar-refractivity contribution >= 4 is 6.29 Å². The summed E-state index contributed by atoms with van der Waals surface area (Å²) in [5.74, 6) is 0. The van der Waals surface area contributed by atoms with Crippen LogP contribution in [0.5, 0.6) is 0 Å². The second-order valence-electron chi connectivity index (χ2n) is 1.08. The van der Waals surface area contributed by atoms with Gasteiger partial charge in [0.15, 0.2) is 0 Å². The van der Waals surface area contributed by atoms with E-state index in [2.05, 4.69) is 4.74 Å². The monoisotopic (exact) mass is 151 g/mol. The molecular weight excluding hydrogens is 144 g/mol. The van der Waals surface area contributed by atoms with E-state index in [0.717, 1.165) is 6.29 Å². The maximum absolute atomic E-state index is 9.61. The van der Waals surface area contributed by atoms with E-state index in [1.807, 2.05) is 0 Å². The Labute approximate surface area is 53.7 Å². The summed E-state index contributed by atoms with van der Waals surface area (Å²) < 4.78 is 4.53. The Morgan fingerprint density at radius 3 is 2.14 bits per heavy atom. The number of ether oxygens (including phenoxy) is 1. The number of hydrogen-bond donors (Lipinski definition) is 0. The molecule has 0 rings (SSSR count). The Kier molecular flexibility index (Phi) is 8.96. The van der Waals surface area contributed by atoms with Gasteiger partial charge in [0.1, 0.15) is 12.4 Å². The largest absolute Gasteiger partial charge is 0.374 e. The molecule has 1 radical (unpaired) electrons. The molecule has 0 fully saturated rings. The first-order valence-electron chi connectivity index (χ1n) is 1.79. The van der Waals surface area contributed by atoms with Gasteiger partial charge >= 0.3 is 0 Å². The molecule has 0 saturated carbocycles. The average Bonchev–Trinajstić information content (AvgIpc) is 1.65. The Balaban J connectivity index is 0.